The van der Waals surface area contributed by atoms with Gasteiger partial charge in [-0.1, -0.05) is 110 Å². The lowest BCUT2D eigenvalue weighted by Gasteiger charge is -2.55. The zero-order valence-corrected chi connectivity index (χ0v) is 32.8. The minimum atomic E-state index is -0.611. The van der Waals surface area contributed by atoms with Gasteiger partial charge >= 0.3 is 0 Å². The molecule has 5 nitrogen and oxygen atoms in total. The third-order valence-corrected chi connectivity index (χ3v) is 12.8. The molecule has 2 aromatic heterocycles. The number of benzene rings is 7. The number of nitrogens with zero attached hydrogens (tertiary/aromatic N) is 2. The fourth-order valence-corrected chi connectivity index (χ4v) is 9.98. The molecule has 59 heavy (non-hydrogen) atoms. The van der Waals surface area contributed by atoms with Crippen LogP contribution in [0.1, 0.15) is 25.8 Å². The second-order valence-corrected chi connectivity index (χ2v) is 16.2. The summed E-state index contributed by atoms with van der Waals surface area (Å²) in [5.74, 6) is 1.26. The molecule has 0 spiro atoms. The van der Waals surface area contributed by atoms with Gasteiger partial charge in [-0.05, 0) is 108 Å². The number of anilines is 5. The Hall–Kier alpha value is -7.24. The van der Waals surface area contributed by atoms with Gasteiger partial charge in [-0.15, -0.1) is 0 Å². The molecule has 12 rings (SSSR count). The van der Waals surface area contributed by atoms with E-state index in [1.165, 1.54) is 22.3 Å². The van der Waals surface area contributed by atoms with Crippen LogP contribution in [-0.2, 0) is 0 Å². The number of hydrogen-bond donors (Lipinski definition) is 0. The van der Waals surface area contributed by atoms with Gasteiger partial charge in [0.1, 0.15) is 33.6 Å². The van der Waals surface area contributed by atoms with Crippen LogP contribution in [0, 0.1) is 5.92 Å². The molecule has 9 aromatic rings. The SMILES string of the molecule is CC1CC=CC2=C1C=C(c1ccccc1)C1(C)C2Oc2ccccc2N1c1cccc(N(c2ccc3c(c2)oc2ccccc23)c2ccc3c(c2)oc2ccccc23)c1. The van der Waals surface area contributed by atoms with E-state index < -0.39 is 5.54 Å². The molecule has 0 radical (unpaired) electrons. The molecule has 3 aliphatic rings. The van der Waals surface area contributed by atoms with Gasteiger partial charge in [0.25, 0.3) is 0 Å². The van der Waals surface area contributed by atoms with Gasteiger partial charge in [-0.25, -0.2) is 0 Å². The van der Waals surface area contributed by atoms with Crippen LogP contribution in [-0.4, -0.2) is 11.6 Å². The van der Waals surface area contributed by atoms with Gasteiger partial charge in [0.2, 0.25) is 0 Å². The molecule has 7 aromatic carbocycles. The first-order valence-corrected chi connectivity index (χ1v) is 20.5. The average molecular weight is 765 g/mol. The lowest BCUT2D eigenvalue weighted by molar-refractivity contribution is 0.165. The fraction of sp³-hybridized carbons (Fsp3) is 0.111. The van der Waals surface area contributed by atoms with Crippen molar-refractivity contribution in [3.63, 3.8) is 0 Å². The predicted octanol–water partition coefficient (Wildman–Crippen LogP) is 14.6. The summed E-state index contributed by atoms with van der Waals surface area (Å²) in [5, 5.41) is 4.39. The molecule has 3 heterocycles. The number of ether oxygens (including phenoxy) is 1. The normalized spacial score (nSPS) is 19.8. The van der Waals surface area contributed by atoms with Crippen LogP contribution in [0.5, 0.6) is 5.75 Å². The van der Waals surface area contributed by atoms with E-state index in [1.54, 1.807) is 0 Å². The van der Waals surface area contributed by atoms with E-state index in [0.29, 0.717) is 5.92 Å². The van der Waals surface area contributed by atoms with Gasteiger partial charge in [0.05, 0.1) is 5.69 Å². The molecule has 0 saturated carbocycles. The maximum absolute atomic E-state index is 7.19. The molecule has 5 heteroatoms. The first kappa shape index (κ1) is 33.9. The van der Waals surface area contributed by atoms with Crippen LogP contribution in [0.2, 0.25) is 0 Å². The lowest BCUT2D eigenvalue weighted by atomic mass is 9.68. The molecule has 0 bridgehead atoms. The Morgan fingerprint density at radius 1 is 0.576 bits per heavy atom. The summed E-state index contributed by atoms with van der Waals surface area (Å²) >= 11 is 0. The number of allylic oxidation sites excluding steroid dienone is 3. The van der Waals surface area contributed by atoms with Crippen LogP contribution in [0.3, 0.4) is 0 Å². The highest BCUT2D eigenvalue weighted by Gasteiger charge is 2.53. The summed E-state index contributed by atoms with van der Waals surface area (Å²) < 4.78 is 20.1. The van der Waals surface area contributed by atoms with Crippen molar-refractivity contribution in [2.45, 2.75) is 31.9 Å². The molecule has 2 aliphatic carbocycles. The van der Waals surface area contributed by atoms with Crippen molar-refractivity contribution in [3.05, 3.63) is 199 Å². The molecular weight excluding hydrogens is 725 g/mol. The summed E-state index contributed by atoms with van der Waals surface area (Å²) in [7, 11) is 0. The maximum Gasteiger partial charge on any atom is 0.151 e. The Bertz CT molecular complexity index is 3130. The Labute approximate surface area is 342 Å². The maximum atomic E-state index is 7.19. The van der Waals surface area contributed by atoms with Crippen molar-refractivity contribution in [1.82, 2.24) is 0 Å². The first-order chi connectivity index (χ1) is 29.0. The number of fused-ring (bicyclic) bond motifs is 9. The fourth-order valence-electron chi connectivity index (χ4n) is 9.98. The first-order valence-electron chi connectivity index (χ1n) is 20.5. The number of hydrogen-bond acceptors (Lipinski definition) is 5. The molecule has 0 fully saturated rings. The quantitative estimate of drug-likeness (QED) is 0.175. The second-order valence-electron chi connectivity index (χ2n) is 16.2. The monoisotopic (exact) mass is 764 g/mol. The van der Waals surface area contributed by atoms with E-state index in [-0.39, 0.29) is 6.10 Å². The van der Waals surface area contributed by atoms with Crippen LogP contribution in [0.25, 0.3) is 49.5 Å². The number of furan rings is 2. The molecule has 284 valence electrons. The van der Waals surface area contributed by atoms with Crippen molar-refractivity contribution in [3.8, 4) is 5.75 Å². The molecule has 1 aliphatic heterocycles. The third kappa shape index (κ3) is 5.10. The summed E-state index contributed by atoms with van der Waals surface area (Å²) in [6.45, 7) is 4.69. The highest BCUT2D eigenvalue weighted by Crippen LogP contribution is 2.56. The van der Waals surface area contributed by atoms with E-state index in [1.807, 2.05) is 24.3 Å². The average Bonchev–Trinajstić information content (AvgIpc) is 3.84. The van der Waals surface area contributed by atoms with E-state index in [0.717, 1.165) is 84.5 Å². The third-order valence-electron chi connectivity index (χ3n) is 12.8. The summed E-state index contributed by atoms with van der Waals surface area (Å²) in [4.78, 5) is 4.84. The van der Waals surface area contributed by atoms with Crippen molar-refractivity contribution in [2.75, 3.05) is 9.80 Å². The zero-order chi connectivity index (χ0) is 39.2. The Balaban J connectivity index is 1.08. The molecular formula is C54H40N2O3. The van der Waals surface area contributed by atoms with Crippen molar-refractivity contribution in [2.24, 2.45) is 5.92 Å². The Morgan fingerprint density at radius 2 is 1.19 bits per heavy atom. The van der Waals surface area contributed by atoms with Gasteiger partial charge < -0.3 is 23.4 Å². The summed E-state index contributed by atoms with van der Waals surface area (Å²) in [5.41, 5.74) is 12.9. The Morgan fingerprint density at radius 3 is 1.90 bits per heavy atom. The van der Waals surface area contributed by atoms with Crippen LogP contribution in [0.15, 0.2) is 202 Å². The summed E-state index contributed by atoms with van der Waals surface area (Å²) in [6, 6.07) is 57.8. The predicted molar refractivity (Wildman–Crippen MR) is 241 cm³/mol. The van der Waals surface area contributed by atoms with Gasteiger partial charge in [-0.2, -0.15) is 0 Å². The van der Waals surface area contributed by atoms with E-state index in [2.05, 4.69) is 181 Å². The summed E-state index contributed by atoms with van der Waals surface area (Å²) in [6.07, 6.45) is 7.84. The van der Waals surface area contributed by atoms with Crippen molar-refractivity contribution < 1.29 is 13.6 Å². The van der Waals surface area contributed by atoms with E-state index >= 15 is 0 Å². The van der Waals surface area contributed by atoms with Crippen LogP contribution >= 0.6 is 0 Å². The lowest BCUT2D eigenvalue weighted by Crippen LogP contribution is -2.60. The molecule has 3 unspecified atom stereocenters. The van der Waals surface area contributed by atoms with Crippen LogP contribution < -0.4 is 14.5 Å². The van der Waals surface area contributed by atoms with Crippen LogP contribution in [0.4, 0.5) is 28.4 Å². The topological polar surface area (TPSA) is 42.0 Å². The van der Waals surface area contributed by atoms with Crippen molar-refractivity contribution >= 4 is 77.9 Å². The largest absolute Gasteiger partial charge is 0.481 e. The van der Waals surface area contributed by atoms with E-state index in [4.69, 9.17) is 13.6 Å². The zero-order valence-electron chi connectivity index (χ0n) is 32.8. The molecule has 0 N–H and O–H groups in total. The standard InChI is InChI=1S/C54H40N2O3/c1-34-14-12-21-44-45(34)33-46(35-15-4-3-5-16-35)54(2)53(44)59-50-25-11-8-22-47(50)56(54)39-18-13-17-36(30-39)55(37-26-28-42-40-19-6-9-23-48(40)57-51(42)31-37)38-27-29-43-41-20-7-10-24-49(41)58-52(43)32-38/h3-13,15-34,53H,14H2,1-2H3. The molecule has 3 atom stereocenters. The molecule has 0 amide bonds. The number of rotatable bonds is 5. The molecule has 0 saturated heterocycles. The Kier molecular flexibility index (Phi) is 7.40. The van der Waals surface area contributed by atoms with Gasteiger partial charge in [0.15, 0.2) is 6.10 Å². The minimum Gasteiger partial charge on any atom is -0.481 e. The second kappa shape index (κ2) is 12.9. The van der Waals surface area contributed by atoms with Gasteiger partial charge in [-0.3, -0.25) is 0 Å². The highest BCUT2D eigenvalue weighted by atomic mass is 16.5. The van der Waals surface area contributed by atoms with Gasteiger partial charge in [0, 0.05) is 56.4 Å². The smallest absolute Gasteiger partial charge is 0.151 e. The van der Waals surface area contributed by atoms with E-state index in [9.17, 15) is 0 Å². The number of para-hydroxylation sites is 4. The van der Waals surface area contributed by atoms with Crippen molar-refractivity contribution in [1.29, 1.82) is 0 Å². The minimum absolute atomic E-state index is 0.252. The highest BCUT2D eigenvalue weighted by molar-refractivity contribution is 6.08.